The quantitative estimate of drug-likeness (QED) is 0.381. The Morgan fingerprint density at radius 1 is 1.39 bits per heavy atom. The van der Waals surface area contributed by atoms with Crippen LogP contribution in [-0.4, -0.2) is 41.6 Å². The molecule has 1 fully saturated rings. The van der Waals surface area contributed by atoms with E-state index in [1.54, 1.807) is 0 Å². The van der Waals surface area contributed by atoms with E-state index in [1.807, 2.05) is 18.4 Å². The van der Waals surface area contributed by atoms with Gasteiger partial charge in [0.15, 0.2) is 5.96 Å². The molecule has 0 bridgehead atoms. The summed E-state index contributed by atoms with van der Waals surface area (Å²) in [7, 11) is 1.84. The smallest absolute Gasteiger partial charge is 0.191 e. The van der Waals surface area contributed by atoms with Gasteiger partial charge in [-0.2, -0.15) is 11.8 Å². The van der Waals surface area contributed by atoms with E-state index in [0.717, 1.165) is 31.9 Å². The zero-order chi connectivity index (χ0) is 16.0. The van der Waals surface area contributed by atoms with Crippen LogP contribution in [0.3, 0.4) is 0 Å². The van der Waals surface area contributed by atoms with E-state index in [9.17, 15) is 0 Å². The van der Waals surface area contributed by atoms with Crippen LogP contribution < -0.4 is 10.6 Å². The fourth-order valence-corrected chi connectivity index (χ4v) is 4.94. The zero-order valence-electron chi connectivity index (χ0n) is 14.6. The standard InChI is InChI=1S/C16H28N4S2.HI/c1-5-13-12(2)22-14(20-13)7-9-18-15(17-4)19-11-16(3)8-6-10-21-16;/h5-11H2,1-4H3,(H2,17,18,19);1H. The minimum atomic E-state index is 0. The third kappa shape index (κ3) is 6.42. The van der Waals surface area contributed by atoms with E-state index >= 15 is 0 Å². The molecule has 2 N–H and O–H groups in total. The summed E-state index contributed by atoms with van der Waals surface area (Å²) >= 11 is 3.89. The molecule has 1 saturated heterocycles. The number of halogens is 1. The molecule has 23 heavy (non-hydrogen) atoms. The van der Waals surface area contributed by atoms with E-state index < -0.39 is 0 Å². The number of aryl methyl sites for hydroxylation is 2. The highest BCUT2D eigenvalue weighted by molar-refractivity contribution is 14.0. The molecule has 1 atom stereocenters. The number of aliphatic imine (C=N–C) groups is 1. The molecule has 132 valence electrons. The molecule has 1 aliphatic heterocycles. The number of guanidine groups is 1. The lowest BCUT2D eigenvalue weighted by molar-refractivity contribution is 0.584. The maximum absolute atomic E-state index is 4.69. The maximum Gasteiger partial charge on any atom is 0.191 e. The Balaban J connectivity index is 0.00000264. The summed E-state index contributed by atoms with van der Waals surface area (Å²) in [5.74, 6) is 2.19. The Labute approximate surface area is 165 Å². The monoisotopic (exact) mass is 468 g/mol. The zero-order valence-corrected chi connectivity index (χ0v) is 18.5. The van der Waals surface area contributed by atoms with Crippen LogP contribution in [0.1, 0.15) is 42.3 Å². The molecule has 0 saturated carbocycles. The number of nitrogens with one attached hydrogen (secondary N) is 2. The van der Waals surface area contributed by atoms with E-state index in [1.165, 1.54) is 34.2 Å². The molecule has 1 aromatic rings. The van der Waals surface area contributed by atoms with Gasteiger partial charge < -0.3 is 10.6 Å². The Bertz CT molecular complexity index is 510. The van der Waals surface area contributed by atoms with Gasteiger partial charge >= 0.3 is 0 Å². The number of rotatable bonds is 6. The van der Waals surface area contributed by atoms with Crippen LogP contribution in [0.2, 0.25) is 0 Å². The second-order valence-electron chi connectivity index (χ2n) is 5.97. The summed E-state index contributed by atoms with van der Waals surface area (Å²) in [5, 5.41) is 8.09. The maximum atomic E-state index is 4.69. The van der Waals surface area contributed by atoms with Gasteiger partial charge in [-0.15, -0.1) is 35.3 Å². The van der Waals surface area contributed by atoms with Crippen LogP contribution in [0.4, 0.5) is 0 Å². The number of thioether (sulfide) groups is 1. The van der Waals surface area contributed by atoms with Crippen molar-refractivity contribution in [2.75, 3.05) is 25.9 Å². The van der Waals surface area contributed by atoms with Crippen molar-refractivity contribution in [3.8, 4) is 0 Å². The molecule has 0 aliphatic carbocycles. The molecule has 0 radical (unpaired) electrons. The largest absolute Gasteiger partial charge is 0.356 e. The number of nitrogens with zero attached hydrogens (tertiary/aromatic N) is 2. The van der Waals surface area contributed by atoms with Crippen LogP contribution in [0, 0.1) is 6.92 Å². The Morgan fingerprint density at radius 3 is 2.74 bits per heavy atom. The molecule has 0 amide bonds. The van der Waals surface area contributed by atoms with Gasteiger partial charge in [-0.3, -0.25) is 4.99 Å². The van der Waals surface area contributed by atoms with E-state index in [-0.39, 0.29) is 24.0 Å². The minimum absolute atomic E-state index is 0. The number of hydrogen-bond donors (Lipinski definition) is 2. The van der Waals surface area contributed by atoms with Crippen LogP contribution in [0.15, 0.2) is 4.99 Å². The highest BCUT2D eigenvalue weighted by Gasteiger charge is 2.29. The van der Waals surface area contributed by atoms with E-state index in [0.29, 0.717) is 4.75 Å². The highest BCUT2D eigenvalue weighted by atomic mass is 127. The lowest BCUT2D eigenvalue weighted by Gasteiger charge is -2.24. The van der Waals surface area contributed by atoms with Gasteiger partial charge in [-0.25, -0.2) is 4.98 Å². The van der Waals surface area contributed by atoms with Gasteiger partial charge in [0.05, 0.1) is 10.7 Å². The third-order valence-electron chi connectivity index (χ3n) is 4.06. The average Bonchev–Trinajstić information content (AvgIpc) is 3.09. The van der Waals surface area contributed by atoms with Crippen molar-refractivity contribution in [1.29, 1.82) is 0 Å². The first-order valence-corrected chi connectivity index (χ1v) is 9.90. The number of hydrogen-bond acceptors (Lipinski definition) is 4. The summed E-state index contributed by atoms with van der Waals surface area (Å²) in [6, 6.07) is 0. The van der Waals surface area contributed by atoms with Crippen LogP contribution in [-0.2, 0) is 12.8 Å². The SMILES string of the molecule is CCc1nc(CCNC(=NC)NCC2(C)CCCS2)sc1C.I. The lowest BCUT2D eigenvalue weighted by Crippen LogP contribution is -2.44. The molecule has 4 nitrogen and oxygen atoms in total. The normalized spacial score (nSPS) is 21.1. The van der Waals surface area contributed by atoms with Crippen molar-refractivity contribution in [2.24, 2.45) is 4.99 Å². The summed E-state index contributed by atoms with van der Waals surface area (Å²) in [5.41, 5.74) is 1.24. The van der Waals surface area contributed by atoms with Crippen molar-refractivity contribution >= 4 is 53.0 Å². The first-order valence-electron chi connectivity index (χ1n) is 8.10. The molecule has 1 aromatic heterocycles. The summed E-state index contributed by atoms with van der Waals surface area (Å²) in [6.07, 6.45) is 4.60. The van der Waals surface area contributed by atoms with E-state index in [4.69, 9.17) is 0 Å². The van der Waals surface area contributed by atoms with Crippen molar-refractivity contribution in [3.63, 3.8) is 0 Å². The van der Waals surface area contributed by atoms with Crippen molar-refractivity contribution in [1.82, 2.24) is 15.6 Å². The molecule has 7 heteroatoms. The number of aromatic nitrogens is 1. The second-order valence-corrected chi connectivity index (χ2v) is 8.94. The molecule has 1 unspecified atom stereocenters. The molecule has 0 aromatic carbocycles. The molecule has 2 heterocycles. The van der Waals surface area contributed by atoms with Gasteiger partial charge in [0.1, 0.15) is 0 Å². The van der Waals surface area contributed by atoms with Gasteiger partial charge in [0.2, 0.25) is 0 Å². The van der Waals surface area contributed by atoms with Crippen molar-refractivity contribution < 1.29 is 0 Å². The topological polar surface area (TPSA) is 49.3 Å². The highest BCUT2D eigenvalue weighted by Crippen LogP contribution is 2.36. The third-order valence-corrected chi connectivity index (χ3v) is 6.67. The first kappa shape index (κ1) is 21.0. The van der Waals surface area contributed by atoms with E-state index in [2.05, 4.69) is 53.1 Å². The average molecular weight is 468 g/mol. The fraction of sp³-hybridized carbons (Fsp3) is 0.750. The second kappa shape index (κ2) is 10.1. The Kier molecular flexibility index (Phi) is 9.21. The number of thiazole rings is 1. The predicted molar refractivity (Wildman–Crippen MR) is 115 cm³/mol. The minimum Gasteiger partial charge on any atom is -0.356 e. The first-order chi connectivity index (χ1) is 10.6. The molecular formula is C16H29IN4S2. The van der Waals surface area contributed by atoms with Crippen LogP contribution >= 0.6 is 47.1 Å². The van der Waals surface area contributed by atoms with Gasteiger partial charge in [-0.1, -0.05) is 6.92 Å². The molecule has 2 rings (SSSR count). The van der Waals surface area contributed by atoms with Gasteiger partial charge in [0, 0.05) is 36.2 Å². The molecular weight excluding hydrogens is 439 g/mol. The van der Waals surface area contributed by atoms with Gasteiger partial charge in [0.25, 0.3) is 0 Å². The Hall–Kier alpha value is -0.0200. The van der Waals surface area contributed by atoms with Crippen molar-refractivity contribution in [2.45, 2.75) is 51.2 Å². The lowest BCUT2D eigenvalue weighted by atomic mass is 10.1. The summed E-state index contributed by atoms with van der Waals surface area (Å²) in [6.45, 7) is 8.52. The van der Waals surface area contributed by atoms with Crippen LogP contribution in [0.5, 0.6) is 0 Å². The van der Waals surface area contributed by atoms with Crippen LogP contribution in [0.25, 0.3) is 0 Å². The van der Waals surface area contributed by atoms with Gasteiger partial charge in [-0.05, 0) is 38.9 Å². The van der Waals surface area contributed by atoms with Crippen molar-refractivity contribution in [3.05, 3.63) is 15.6 Å². The predicted octanol–water partition coefficient (Wildman–Crippen LogP) is 3.63. The summed E-state index contributed by atoms with van der Waals surface area (Å²) in [4.78, 5) is 10.4. The summed E-state index contributed by atoms with van der Waals surface area (Å²) < 4.78 is 0.361. The Morgan fingerprint density at radius 2 is 2.17 bits per heavy atom. The molecule has 0 spiro atoms. The molecule has 1 aliphatic rings. The fourth-order valence-electron chi connectivity index (χ4n) is 2.68.